The zero-order valence-corrected chi connectivity index (χ0v) is 10.7. The van der Waals surface area contributed by atoms with Gasteiger partial charge in [0.1, 0.15) is 0 Å². The molecule has 0 saturated carbocycles. The van der Waals surface area contributed by atoms with Crippen molar-refractivity contribution in [3.8, 4) is 0 Å². The molecule has 17 heavy (non-hydrogen) atoms. The fourth-order valence-electron chi connectivity index (χ4n) is 1.68. The number of hydrogen-bond acceptors (Lipinski definition) is 1. The second kappa shape index (κ2) is 5.60. The van der Waals surface area contributed by atoms with Gasteiger partial charge in [-0.05, 0) is 17.7 Å². The maximum atomic E-state index is 5.47. The lowest BCUT2D eigenvalue weighted by atomic mass is 10.1. The molecule has 0 atom stereocenters. The molecule has 0 bridgehead atoms. The van der Waals surface area contributed by atoms with Gasteiger partial charge in [0.25, 0.3) is 0 Å². The highest BCUT2D eigenvalue weighted by molar-refractivity contribution is 7.80. The molecule has 2 rings (SSSR count). The third kappa shape index (κ3) is 3.14. The van der Waals surface area contributed by atoms with Crippen molar-refractivity contribution < 1.29 is 0 Å². The lowest BCUT2D eigenvalue weighted by molar-refractivity contribution is 1.21. The van der Waals surface area contributed by atoms with Crippen molar-refractivity contribution >= 4 is 22.9 Å². The summed E-state index contributed by atoms with van der Waals surface area (Å²) < 4.78 is 0. The lowest BCUT2D eigenvalue weighted by Crippen LogP contribution is -2.25. The van der Waals surface area contributed by atoms with E-state index in [4.69, 9.17) is 12.2 Å². The van der Waals surface area contributed by atoms with E-state index in [1.165, 1.54) is 5.56 Å². The Hall–Kier alpha value is -1.67. The molecule has 0 saturated heterocycles. The normalized spacial score (nSPS) is 9.94. The van der Waals surface area contributed by atoms with Gasteiger partial charge in [-0.1, -0.05) is 60.7 Å². The van der Waals surface area contributed by atoms with E-state index in [9.17, 15) is 0 Å². The van der Waals surface area contributed by atoms with E-state index in [0.717, 1.165) is 17.1 Å². The molecule has 0 N–H and O–H groups in total. The topological polar surface area (TPSA) is 3.24 Å². The molecular weight excluding hydrogens is 226 g/mol. The maximum absolute atomic E-state index is 5.47. The monoisotopic (exact) mass is 241 g/mol. The van der Waals surface area contributed by atoms with Gasteiger partial charge in [0, 0.05) is 19.2 Å². The fourth-order valence-corrected chi connectivity index (χ4v) is 1.96. The standard InChI is InChI=1S/C15H15NS/c1-16(14-10-6-3-7-11-14)15(17)12-13-8-4-2-5-9-13/h2-11H,12H2,1H3. The van der Waals surface area contributed by atoms with Crippen LogP contribution in [-0.2, 0) is 6.42 Å². The Bertz CT molecular complexity index is 479. The van der Waals surface area contributed by atoms with Crippen LogP contribution in [0, 0.1) is 0 Å². The fraction of sp³-hybridized carbons (Fsp3) is 0.133. The molecule has 0 heterocycles. The van der Waals surface area contributed by atoms with Gasteiger partial charge in [-0.3, -0.25) is 0 Å². The van der Waals surface area contributed by atoms with Gasteiger partial charge in [-0.25, -0.2) is 0 Å². The summed E-state index contributed by atoms with van der Waals surface area (Å²) in [5, 5.41) is 0. The van der Waals surface area contributed by atoms with Crippen molar-refractivity contribution in [2.45, 2.75) is 6.42 Å². The molecule has 1 nitrogen and oxygen atoms in total. The number of anilines is 1. The SMILES string of the molecule is CN(C(=S)Cc1ccccc1)c1ccccc1. The summed E-state index contributed by atoms with van der Waals surface area (Å²) in [6.07, 6.45) is 0.807. The summed E-state index contributed by atoms with van der Waals surface area (Å²) in [6.45, 7) is 0. The Balaban J connectivity index is 2.06. The second-order valence-corrected chi connectivity index (χ2v) is 4.42. The molecule has 0 aliphatic rings. The molecular formula is C15H15NS. The van der Waals surface area contributed by atoms with Gasteiger partial charge in [0.15, 0.2) is 0 Å². The molecule has 2 heteroatoms. The Morgan fingerprint density at radius 3 is 2.06 bits per heavy atom. The highest BCUT2D eigenvalue weighted by Gasteiger charge is 2.06. The minimum absolute atomic E-state index is 0.807. The van der Waals surface area contributed by atoms with E-state index in [1.54, 1.807) is 0 Å². The third-order valence-corrected chi connectivity index (χ3v) is 3.13. The van der Waals surface area contributed by atoms with Crippen molar-refractivity contribution in [3.63, 3.8) is 0 Å². The van der Waals surface area contributed by atoms with Crippen LogP contribution in [0.25, 0.3) is 0 Å². The Kier molecular flexibility index (Phi) is 3.89. The van der Waals surface area contributed by atoms with E-state index in [2.05, 4.69) is 29.2 Å². The van der Waals surface area contributed by atoms with Crippen LogP contribution in [-0.4, -0.2) is 12.0 Å². The highest BCUT2D eigenvalue weighted by Crippen LogP contribution is 2.13. The van der Waals surface area contributed by atoms with Gasteiger partial charge < -0.3 is 4.90 Å². The van der Waals surface area contributed by atoms with Crippen LogP contribution in [0.4, 0.5) is 5.69 Å². The molecule has 86 valence electrons. The summed E-state index contributed by atoms with van der Waals surface area (Å²) in [6, 6.07) is 20.5. The first kappa shape index (κ1) is 11.8. The second-order valence-electron chi connectivity index (χ2n) is 3.95. The molecule has 0 radical (unpaired) electrons. The van der Waals surface area contributed by atoms with Crippen LogP contribution in [0.3, 0.4) is 0 Å². The molecule has 2 aromatic carbocycles. The molecule has 0 spiro atoms. The Labute approximate surface area is 108 Å². The molecule has 0 aliphatic carbocycles. The molecule has 0 aromatic heterocycles. The van der Waals surface area contributed by atoms with Gasteiger partial charge in [0.2, 0.25) is 0 Å². The zero-order valence-electron chi connectivity index (χ0n) is 9.84. The van der Waals surface area contributed by atoms with Crippen molar-refractivity contribution in [2.24, 2.45) is 0 Å². The number of likely N-dealkylation sites (N-methyl/N-ethyl adjacent to an activating group) is 1. The Morgan fingerprint density at radius 2 is 1.47 bits per heavy atom. The van der Waals surface area contributed by atoms with E-state index in [-0.39, 0.29) is 0 Å². The van der Waals surface area contributed by atoms with Crippen molar-refractivity contribution in [1.29, 1.82) is 0 Å². The number of nitrogens with zero attached hydrogens (tertiary/aromatic N) is 1. The minimum Gasteiger partial charge on any atom is -0.339 e. The minimum atomic E-state index is 0.807. The summed E-state index contributed by atoms with van der Waals surface area (Å²) in [7, 11) is 2.01. The summed E-state index contributed by atoms with van der Waals surface area (Å²) >= 11 is 5.47. The maximum Gasteiger partial charge on any atom is 0.0865 e. The van der Waals surface area contributed by atoms with Gasteiger partial charge in [-0.15, -0.1) is 0 Å². The molecule has 0 amide bonds. The zero-order chi connectivity index (χ0) is 12.1. The molecule has 0 fully saturated rings. The smallest absolute Gasteiger partial charge is 0.0865 e. The predicted octanol–water partition coefficient (Wildman–Crippen LogP) is 3.69. The predicted molar refractivity (Wildman–Crippen MR) is 77.6 cm³/mol. The van der Waals surface area contributed by atoms with Crippen molar-refractivity contribution in [3.05, 3.63) is 66.2 Å². The number of para-hydroxylation sites is 1. The Morgan fingerprint density at radius 1 is 0.941 bits per heavy atom. The number of benzene rings is 2. The summed E-state index contributed by atoms with van der Waals surface area (Å²) in [5.41, 5.74) is 2.38. The average Bonchev–Trinajstić information content (AvgIpc) is 2.40. The van der Waals surface area contributed by atoms with Crippen LogP contribution in [0.2, 0.25) is 0 Å². The van der Waals surface area contributed by atoms with Crippen molar-refractivity contribution in [2.75, 3.05) is 11.9 Å². The van der Waals surface area contributed by atoms with Gasteiger partial charge in [0.05, 0.1) is 4.99 Å². The van der Waals surface area contributed by atoms with Crippen LogP contribution in [0.5, 0.6) is 0 Å². The molecule has 0 aliphatic heterocycles. The van der Waals surface area contributed by atoms with E-state index >= 15 is 0 Å². The average molecular weight is 241 g/mol. The largest absolute Gasteiger partial charge is 0.339 e. The molecule has 0 unspecified atom stereocenters. The van der Waals surface area contributed by atoms with E-state index in [1.807, 2.05) is 43.4 Å². The lowest BCUT2D eigenvalue weighted by Gasteiger charge is -2.20. The van der Waals surface area contributed by atoms with Crippen LogP contribution >= 0.6 is 12.2 Å². The van der Waals surface area contributed by atoms with Gasteiger partial charge >= 0.3 is 0 Å². The first-order valence-electron chi connectivity index (χ1n) is 5.63. The van der Waals surface area contributed by atoms with Crippen LogP contribution < -0.4 is 4.90 Å². The number of rotatable bonds is 3. The summed E-state index contributed by atoms with van der Waals surface area (Å²) in [4.78, 5) is 2.99. The molecule has 2 aromatic rings. The first-order valence-corrected chi connectivity index (χ1v) is 6.04. The quantitative estimate of drug-likeness (QED) is 0.754. The summed E-state index contributed by atoms with van der Waals surface area (Å²) in [5.74, 6) is 0. The van der Waals surface area contributed by atoms with Crippen LogP contribution in [0.15, 0.2) is 60.7 Å². The van der Waals surface area contributed by atoms with E-state index < -0.39 is 0 Å². The number of hydrogen-bond donors (Lipinski definition) is 0. The number of thiocarbonyl (C=S) groups is 1. The van der Waals surface area contributed by atoms with E-state index in [0.29, 0.717) is 0 Å². The first-order chi connectivity index (χ1) is 8.27. The highest BCUT2D eigenvalue weighted by atomic mass is 32.1. The third-order valence-electron chi connectivity index (χ3n) is 2.72. The van der Waals surface area contributed by atoms with Crippen molar-refractivity contribution in [1.82, 2.24) is 0 Å². The van der Waals surface area contributed by atoms with Crippen LogP contribution in [0.1, 0.15) is 5.56 Å². The van der Waals surface area contributed by atoms with Gasteiger partial charge in [-0.2, -0.15) is 0 Å².